The molecule has 1 atom stereocenters. The van der Waals surface area contributed by atoms with Crippen molar-refractivity contribution in [1.29, 1.82) is 0 Å². The second-order valence-corrected chi connectivity index (χ2v) is 5.34. The lowest BCUT2D eigenvalue weighted by atomic mass is 10.1. The molecule has 3 heteroatoms. The minimum atomic E-state index is -0.464. The van der Waals surface area contributed by atoms with Crippen molar-refractivity contribution in [3.05, 3.63) is 54.6 Å². The Bertz CT molecular complexity index is 535. The zero-order chi connectivity index (χ0) is 15.8. The summed E-state index contributed by atoms with van der Waals surface area (Å²) in [6.45, 7) is 7.05. The number of hydrogen-bond donors (Lipinski definition) is 1. The zero-order valence-electron chi connectivity index (χ0n) is 13.4. The van der Waals surface area contributed by atoms with Gasteiger partial charge in [0.1, 0.15) is 18.5 Å². The van der Waals surface area contributed by atoms with E-state index >= 15 is 0 Å². The van der Waals surface area contributed by atoms with Crippen molar-refractivity contribution in [2.75, 3.05) is 26.2 Å². The first-order chi connectivity index (χ1) is 10.7. The highest BCUT2D eigenvalue weighted by atomic mass is 16.5. The Kier molecular flexibility index (Phi) is 6.44. The van der Waals surface area contributed by atoms with Crippen molar-refractivity contribution in [3.8, 4) is 16.9 Å². The van der Waals surface area contributed by atoms with E-state index in [-0.39, 0.29) is 0 Å². The maximum absolute atomic E-state index is 10.0. The zero-order valence-corrected chi connectivity index (χ0v) is 13.4. The van der Waals surface area contributed by atoms with Crippen LogP contribution in [-0.2, 0) is 0 Å². The molecule has 2 aromatic rings. The smallest absolute Gasteiger partial charge is 0.119 e. The standard InChI is InChI=1S/C19H25NO2/c1-3-20(4-2)14-18(21)15-22-19-12-10-17(11-13-19)16-8-6-5-7-9-16/h5-13,18,21H,3-4,14-15H2,1-2H3/t18-/m1/s1. The van der Waals surface area contributed by atoms with Crippen LogP contribution in [0.2, 0.25) is 0 Å². The molecule has 0 aromatic heterocycles. The van der Waals surface area contributed by atoms with E-state index < -0.39 is 6.10 Å². The molecule has 0 unspecified atom stereocenters. The second kappa shape index (κ2) is 8.57. The van der Waals surface area contributed by atoms with Gasteiger partial charge in [-0.2, -0.15) is 0 Å². The summed E-state index contributed by atoms with van der Waals surface area (Å²) in [7, 11) is 0. The van der Waals surface area contributed by atoms with Gasteiger partial charge in [0.15, 0.2) is 0 Å². The average molecular weight is 299 g/mol. The van der Waals surface area contributed by atoms with Crippen LogP contribution in [0.4, 0.5) is 0 Å². The van der Waals surface area contributed by atoms with Crippen LogP contribution in [0.25, 0.3) is 11.1 Å². The molecular formula is C19H25NO2. The predicted octanol–water partition coefficient (Wildman–Crippen LogP) is 3.44. The summed E-state index contributed by atoms with van der Waals surface area (Å²) < 4.78 is 5.67. The van der Waals surface area contributed by atoms with Gasteiger partial charge in [-0.15, -0.1) is 0 Å². The van der Waals surface area contributed by atoms with Gasteiger partial charge in [-0.05, 0) is 36.3 Å². The van der Waals surface area contributed by atoms with E-state index in [9.17, 15) is 5.11 Å². The SMILES string of the molecule is CCN(CC)C[C@@H](O)COc1ccc(-c2ccccc2)cc1. The van der Waals surface area contributed by atoms with E-state index in [0.717, 1.165) is 24.4 Å². The van der Waals surface area contributed by atoms with Gasteiger partial charge in [0, 0.05) is 6.54 Å². The van der Waals surface area contributed by atoms with E-state index in [4.69, 9.17) is 4.74 Å². The molecule has 0 aliphatic heterocycles. The number of likely N-dealkylation sites (N-methyl/N-ethyl adjacent to an activating group) is 1. The van der Waals surface area contributed by atoms with Crippen LogP contribution in [0.5, 0.6) is 5.75 Å². The first-order valence-electron chi connectivity index (χ1n) is 7.91. The predicted molar refractivity (Wildman–Crippen MR) is 91.2 cm³/mol. The topological polar surface area (TPSA) is 32.7 Å². The van der Waals surface area contributed by atoms with E-state index in [0.29, 0.717) is 13.2 Å². The Balaban J connectivity index is 1.86. The molecule has 118 valence electrons. The summed E-state index contributed by atoms with van der Waals surface area (Å²) in [4.78, 5) is 2.19. The highest BCUT2D eigenvalue weighted by molar-refractivity contribution is 5.63. The average Bonchev–Trinajstić information content (AvgIpc) is 2.59. The quantitative estimate of drug-likeness (QED) is 0.810. The lowest BCUT2D eigenvalue weighted by Crippen LogP contribution is -2.35. The monoisotopic (exact) mass is 299 g/mol. The molecule has 0 aliphatic carbocycles. The number of nitrogens with zero attached hydrogens (tertiary/aromatic N) is 1. The van der Waals surface area contributed by atoms with Crippen LogP contribution in [-0.4, -0.2) is 42.4 Å². The molecule has 0 saturated carbocycles. The fourth-order valence-electron chi connectivity index (χ4n) is 2.40. The fraction of sp³-hybridized carbons (Fsp3) is 0.368. The third kappa shape index (κ3) is 4.86. The van der Waals surface area contributed by atoms with E-state index in [1.807, 2.05) is 42.5 Å². The van der Waals surface area contributed by atoms with E-state index in [1.54, 1.807) is 0 Å². The second-order valence-electron chi connectivity index (χ2n) is 5.34. The van der Waals surface area contributed by atoms with Crippen molar-refractivity contribution in [2.24, 2.45) is 0 Å². The summed E-state index contributed by atoms with van der Waals surface area (Å²) in [6.07, 6.45) is -0.464. The van der Waals surface area contributed by atoms with Crippen LogP contribution in [0.1, 0.15) is 13.8 Å². The summed E-state index contributed by atoms with van der Waals surface area (Å²) in [6, 6.07) is 18.2. The number of hydrogen-bond acceptors (Lipinski definition) is 3. The van der Waals surface area contributed by atoms with Gasteiger partial charge in [0.25, 0.3) is 0 Å². The molecule has 22 heavy (non-hydrogen) atoms. The molecule has 0 bridgehead atoms. The van der Waals surface area contributed by atoms with Crippen LogP contribution in [0, 0.1) is 0 Å². The molecule has 2 aromatic carbocycles. The van der Waals surface area contributed by atoms with E-state index in [2.05, 4.69) is 30.9 Å². The lowest BCUT2D eigenvalue weighted by molar-refractivity contribution is 0.0716. The molecule has 1 N–H and O–H groups in total. The van der Waals surface area contributed by atoms with Crippen molar-refractivity contribution in [2.45, 2.75) is 20.0 Å². The Morgan fingerprint density at radius 3 is 2.09 bits per heavy atom. The summed E-state index contributed by atoms with van der Waals surface area (Å²) in [5.41, 5.74) is 2.35. The van der Waals surface area contributed by atoms with Gasteiger partial charge in [-0.25, -0.2) is 0 Å². The molecule has 2 rings (SSSR count). The number of benzene rings is 2. The minimum Gasteiger partial charge on any atom is -0.491 e. The Morgan fingerprint density at radius 2 is 1.50 bits per heavy atom. The molecule has 0 radical (unpaired) electrons. The lowest BCUT2D eigenvalue weighted by Gasteiger charge is -2.21. The highest BCUT2D eigenvalue weighted by Crippen LogP contribution is 2.22. The summed E-state index contributed by atoms with van der Waals surface area (Å²) in [5, 5.41) is 10.0. The molecule has 0 heterocycles. The molecule has 0 fully saturated rings. The van der Waals surface area contributed by atoms with Gasteiger partial charge in [-0.1, -0.05) is 56.3 Å². The van der Waals surface area contributed by atoms with E-state index in [1.165, 1.54) is 5.56 Å². The molecule has 0 aliphatic rings. The van der Waals surface area contributed by atoms with Crippen molar-refractivity contribution < 1.29 is 9.84 Å². The first-order valence-corrected chi connectivity index (χ1v) is 7.91. The largest absolute Gasteiger partial charge is 0.491 e. The molecule has 3 nitrogen and oxygen atoms in total. The molecule has 0 amide bonds. The Morgan fingerprint density at radius 1 is 0.909 bits per heavy atom. The summed E-state index contributed by atoms with van der Waals surface area (Å²) in [5.74, 6) is 0.790. The maximum Gasteiger partial charge on any atom is 0.119 e. The number of ether oxygens (including phenoxy) is 1. The minimum absolute atomic E-state index is 0.321. The summed E-state index contributed by atoms with van der Waals surface area (Å²) >= 11 is 0. The third-order valence-electron chi connectivity index (χ3n) is 3.77. The normalized spacial score (nSPS) is 12.4. The van der Waals surface area contributed by atoms with Gasteiger partial charge in [-0.3, -0.25) is 0 Å². The van der Waals surface area contributed by atoms with Crippen LogP contribution in [0.3, 0.4) is 0 Å². The van der Waals surface area contributed by atoms with Crippen molar-refractivity contribution >= 4 is 0 Å². The maximum atomic E-state index is 10.0. The van der Waals surface area contributed by atoms with Gasteiger partial charge in [0.2, 0.25) is 0 Å². The Hall–Kier alpha value is -1.84. The van der Waals surface area contributed by atoms with Crippen LogP contribution >= 0.6 is 0 Å². The van der Waals surface area contributed by atoms with Gasteiger partial charge < -0.3 is 14.7 Å². The van der Waals surface area contributed by atoms with Crippen LogP contribution < -0.4 is 4.74 Å². The molecule has 0 spiro atoms. The highest BCUT2D eigenvalue weighted by Gasteiger charge is 2.09. The number of rotatable bonds is 8. The van der Waals surface area contributed by atoms with Crippen molar-refractivity contribution in [3.63, 3.8) is 0 Å². The fourth-order valence-corrected chi connectivity index (χ4v) is 2.40. The first kappa shape index (κ1) is 16.5. The third-order valence-corrected chi connectivity index (χ3v) is 3.77. The van der Waals surface area contributed by atoms with Crippen LogP contribution in [0.15, 0.2) is 54.6 Å². The van der Waals surface area contributed by atoms with Crippen molar-refractivity contribution in [1.82, 2.24) is 4.90 Å². The Labute approximate surface area is 133 Å². The van der Waals surface area contributed by atoms with Gasteiger partial charge in [0.05, 0.1) is 0 Å². The number of aliphatic hydroxyl groups excluding tert-OH is 1. The van der Waals surface area contributed by atoms with Gasteiger partial charge >= 0.3 is 0 Å². The molecular weight excluding hydrogens is 274 g/mol. The number of aliphatic hydroxyl groups is 1. The molecule has 0 saturated heterocycles.